The second-order valence-corrected chi connectivity index (χ2v) is 8.84. The molecule has 7 heteroatoms. The van der Waals surface area contributed by atoms with Crippen molar-refractivity contribution in [2.24, 2.45) is 0 Å². The van der Waals surface area contributed by atoms with E-state index in [1.165, 1.54) is 6.08 Å². The van der Waals surface area contributed by atoms with Crippen LogP contribution in [-0.4, -0.2) is 17.8 Å². The number of carbonyl (C=O) groups excluding carboxylic acids is 3. The summed E-state index contributed by atoms with van der Waals surface area (Å²) in [5.41, 5.74) is 2.57. The summed E-state index contributed by atoms with van der Waals surface area (Å²) < 4.78 is 6.12. The smallest absolute Gasteiger partial charge is 0.335 e. The first-order valence-electron chi connectivity index (χ1n) is 11.3. The minimum atomic E-state index is -0.801. The second kappa shape index (κ2) is 9.68. The van der Waals surface area contributed by atoms with Gasteiger partial charge in [-0.1, -0.05) is 71.8 Å². The number of hydrogen-bond donors (Lipinski definition) is 1. The third-order valence-electron chi connectivity index (χ3n) is 5.93. The molecule has 1 aliphatic heterocycles. The van der Waals surface area contributed by atoms with Crippen molar-refractivity contribution in [1.82, 2.24) is 5.32 Å². The molecule has 178 valence electrons. The van der Waals surface area contributed by atoms with Gasteiger partial charge in [0.15, 0.2) is 0 Å². The summed E-state index contributed by atoms with van der Waals surface area (Å²) in [6.07, 6.45) is 1.40. The van der Waals surface area contributed by atoms with Crippen molar-refractivity contribution in [3.63, 3.8) is 0 Å². The first-order valence-corrected chi connectivity index (χ1v) is 11.7. The highest BCUT2D eigenvalue weighted by Crippen LogP contribution is 2.29. The third kappa shape index (κ3) is 4.59. The molecule has 0 atom stereocenters. The van der Waals surface area contributed by atoms with E-state index in [4.69, 9.17) is 16.3 Å². The van der Waals surface area contributed by atoms with E-state index in [1.807, 2.05) is 49.4 Å². The van der Waals surface area contributed by atoms with Gasteiger partial charge in [-0.2, -0.15) is 0 Å². The molecular formula is C29H21ClN2O4. The van der Waals surface area contributed by atoms with E-state index in [1.54, 1.807) is 42.5 Å². The van der Waals surface area contributed by atoms with Crippen LogP contribution in [0, 0.1) is 6.92 Å². The molecule has 1 heterocycles. The van der Waals surface area contributed by atoms with Crippen LogP contribution < -0.4 is 15.0 Å². The van der Waals surface area contributed by atoms with Crippen molar-refractivity contribution in [3.05, 3.63) is 112 Å². The number of nitrogens with zero attached hydrogens (tertiary/aromatic N) is 1. The molecule has 0 radical (unpaired) electrons. The number of urea groups is 1. The van der Waals surface area contributed by atoms with Gasteiger partial charge in [0.25, 0.3) is 11.8 Å². The van der Waals surface area contributed by atoms with Crippen LogP contribution in [0.25, 0.3) is 16.8 Å². The summed E-state index contributed by atoms with van der Waals surface area (Å²) in [4.78, 5) is 39.3. The van der Waals surface area contributed by atoms with Gasteiger partial charge in [0.1, 0.15) is 17.9 Å². The normalized spacial score (nSPS) is 14.9. The van der Waals surface area contributed by atoms with Gasteiger partial charge in [-0.05, 0) is 59.7 Å². The molecule has 0 bridgehead atoms. The second-order valence-electron chi connectivity index (χ2n) is 8.40. The zero-order valence-electron chi connectivity index (χ0n) is 19.3. The lowest BCUT2D eigenvalue weighted by Crippen LogP contribution is -2.54. The summed E-state index contributed by atoms with van der Waals surface area (Å²) in [5.74, 6) is -1.07. The van der Waals surface area contributed by atoms with Gasteiger partial charge >= 0.3 is 6.03 Å². The number of benzene rings is 4. The third-order valence-corrected chi connectivity index (χ3v) is 6.16. The van der Waals surface area contributed by atoms with Crippen LogP contribution in [0.5, 0.6) is 5.75 Å². The van der Waals surface area contributed by atoms with Crippen LogP contribution in [0.3, 0.4) is 0 Å². The Kier molecular flexibility index (Phi) is 6.27. The fraction of sp³-hybridized carbons (Fsp3) is 0.0690. The van der Waals surface area contributed by atoms with Crippen LogP contribution >= 0.6 is 11.6 Å². The zero-order valence-corrected chi connectivity index (χ0v) is 20.1. The van der Waals surface area contributed by atoms with E-state index in [0.29, 0.717) is 22.0 Å². The molecule has 4 amide bonds. The lowest BCUT2D eigenvalue weighted by molar-refractivity contribution is -0.122. The molecule has 5 rings (SSSR count). The number of rotatable bonds is 5. The van der Waals surface area contributed by atoms with Crippen LogP contribution in [0.2, 0.25) is 5.02 Å². The predicted molar refractivity (Wildman–Crippen MR) is 140 cm³/mol. The monoisotopic (exact) mass is 496 g/mol. The van der Waals surface area contributed by atoms with Crippen LogP contribution in [0.15, 0.2) is 90.5 Å². The molecule has 36 heavy (non-hydrogen) atoms. The molecule has 1 fully saturated rings. The van der Waals surface area contributed by atoms with Gasteiger partial charge in [0.2, 0.25) is 0 Å². The van der Waals surface area contributed by atoms with E-state index >= 15 is 0 Å². The Balaban J connectivity index is 1.48. The van der Waals surface area contributed by atoms with Gasteiger partial charge in [-0.3, -0.25) is 14.9 Å². The minimum Gasteiger partial charge on any atom is -0.488 e. The van der Waals surface area contributed by atoms with Crippen LogP contribution in [0.1, 0.15) is 16.7 Å². The number of aryl methyl sites for hydroxylation is 1. The first-order chi connectivity index (χ1) is 17.4. The molecule has 6 nitrogen and oxygen atoms in total. The number of anilines is 1. The van der Waals surface area contributed by atoms with E-state index in [9.17, 15) is 14.4 Å². The quantitative estimate of drug-likeness (QED) is 0.270. The molecule has 0 saturated carbocycles. The predicted octanol–water partition coefficient (Wildman–Crippen LogP) is 6.05. The van der Waals surface area contributed by atoms with Crippen LogP contribution in [-0.2, 0) is 16.2 Å². The highest BCUT2D eigenvalue weighted by atomic mass is 35.5. The Labute approximate surface area is 212 Å². The van der Waals surface area contributed by atoms with Gasteiger partial charge in [0.05, 0.1) is 5.69 Å². The number of fused-ring (bicyclic) bond motifs is 1. The Hall–Kier alpha value is -4.42. The van der Waals surface area contributed by atoms with Crippen molar-refractivity contribution < 1.29 is 19.1 Å². The van der Waals surface area contributed by atoms with Gasteiger partial charge in [-0.15, -0.1) is 0 Å². The maximum atomic E-state index is 13.3. The van der Waals surface area contributed by atoms with Crippen molar-refractivity contribution in [2.75, 3.05) is 4.90 Å². The lowest BCUT2D eigenvalue weighted by atomic mass is 10.0. The number of barbiturate groups is 1. The van der Waals surface area contributed by atoms with E-state index in [0.717, 1.165) is 26.8 Å². The summed E-state index contributed by atoms with van der Waals surface area (Å²) in [6.45, 7) is 2.17. The summed E-state index contributed by atoms with van der Waals surface area (Å²) in [5, 5.41) is 4.82. The van der Waals surface area contributed by atoms with E-state index < -0.39 is 17.8 Å². The van der Waals surface area contributed by atoms with Gasteiger partial charge in [-0.25, -0.2) is 9.69 Å². The molecule has 0 unspecified atom stereocenters. The standard InChI is InChI=1S/C29H21ClN2O4/c1-18-9-12-23(13-10-18)32-28(34)25(27(33)31-29(32)35)16-21-15-22(30)11-14-26(21)36-17-20-7-4-6-19-5-2-3-8-24(19)20/h2-16H,17H2,1H3,(H,31,33,35)/b25-16+. The largest absolute Gasteiger partial charge is 0.488 e. The maximum absolute atomic E-state index is 13.3. The van der Waals surface area contributed by atoms with E-state index in [2.05, 4.69) is 5.32 Å². The fourth-order valence-electron chi connectivity index (χ4n) is 4.08. The number of imide groups is 2. The Bertz CT molecular complexity index is 1540. The number of hydrogen-bond acceptors (Lipinski definition) is 4. The summed E-state index contributed by atoms with van der Waals surface area (Å²) in [6, 6.07) is 25.0. The Morgan fingerprint density at radius 3 is 2.47 bits per heavy atom. The maximum Gasteiger partial charge on any atom is 0.335 e. The lowest BCUT2D eigenvalue weighted by Gasteiger charge is -2.26. The highest BCUT2D eigenvalue weighted by molar-refractivity contribution is 6.39. The van der Waals surface area contributed by atoms with E-state index in [-0.39, 0.29) is 12.2 Å². The Morgan fingerprint density at radius 2 is 1.67 bits per heavy atom. The van der Waals surface area contributed by atoms with Crippen LogP contribution in [0.4, 0.5) is 10.5 Å². The number of halogens is 1. The van der Waals surface area contributed by atoms with Crippen molar-refractivity contribution in [1.29, 1.82) is 0 Å². The molecule has 0 aliphatic carbocycles. The average molecular weight is 497 g/mol. The van der Waals surface area contributed by atoms with Gasteiger partial charge < -0.3 is 4.74 Å². The minimum absolute atomic E-state index is 0.201. The fourth-order valence-corrected chi connectivity index (χ4v) is 4.26. The molecule has 4 aromatic rings. The molecular weight excluding hydrogens is 476 g/mol. The highest BCUT2D eigenvalue weighted by Gasteiger charge is 2.37. The molecule has 1 saturated heterocycles. The number of carbonyl (C=O) groups is 3. The molecule has 0 aromatic heterocycles. The number of ether oxygens (including phenoxy) is 1. The molecule has 1 aliphatic rings. The summed E-state index contributed by atoms with van der Waals surface area (Å²) >= 11 is 6.23. The number of amides is 4. The molecule has 1 N–H and O–H groups in total. The molecule has 4 aromatic carbocycles. The van der Waals surface area contributed by atoms with Crippen molar-refractivity contribution in [3.8, 4) is 5.75 Å². The topological polar surface area (TPSA) is 75.7 Å². The van der Waals surface area contributed by atoms with Crippen molar-refractivity contribution >= 4 is 52.0 Å². The SMILES string of the molecule is Cc1ccc(N2C(=O)NC(=O)/C(=C\c3cc(Cl)ccc3OCc3cccc4ccccc34)C2=O)cc1. The summed E-state index contributed by atoms with van der Waals surface area (Å²) in [7, 11) is 0. The van der Waals surface area contributed by atoms with Gasteiger partial charge in [0, 0.05) is 10.6 Å². The average Bonchev–Trinajstić information content (AvgIpc) is 2.87. The number of nitrogens with one attached hydrogen (secondary N) is 1. The Morgan fingerprint density at radius 1 is 0.917 bits per heavy atom. The molecule has 0 spiro atoms. The zero-order chi connectivity index (χ0) is 25.2. The first kappa shape index (κ1) is 23.3. The van der Waals surface area contributed by atoms with Crippen molar-refractivity contribution in [2.45, 2.75) is 13.5 Å².